The summed E-state index contributed by atoms with van der Waals surface area (Å²) >= 11 is 30.3. The van der Waals surface area contributed by atoms with Gasteiger partial charge >= 0.3 is 6.09 Å². The Labute approximate surface area is 695 Å². The van der Waals surface area contributed by atoms with Gasteiger partial charge in [0.15, 0.2) is 77.6 Å². The summed E-state index contributed by atoms with van der Waals surface area (Å²) in [5.41, 5.74) is 3.50. The van der Waals surface area contributed by atoms with Crippen molar-refractivity contribution in [3.8, 4) is 17.2 Å². The van der Waals surface area contributed by atoms with E-state index in [2.05, 4.69) is 20.6 Å². The largest absolute Gasteiger partial charge is 0.504 e. The van der Waals surface area contributed by atoms with Gasteiger partial charge in [0.05, 0.1) is 99.4 Å². The van der Waals surface area contributed by atoms with Crippen LogP contribution < -0.4 is 16.4 Å². The molecule has 2 aromatic heterocycles. The fourth-order valence-electron chi connectivity index (χ4n) is 11.1. The highest BCUT2D eigenvalue weighted by atomic mass is 35.5. The number of oxazole rings is 2. The van der Waals surface area contributed by atoms with Crippen LogP contribution in [0.5, 0.6) is 17.2 Å². The van der Waals surface area contributed by atoms with E-state index >= 15 is 0 Å². The van der Waals surface area contributed by atoms with Crippen LogP contribution in [-0.2, 0) is 93.2 Å². The van der Waals surface area contributed by atoms with E-state index in [0.717, 1.165) is 6.07 Å². The van der Waals surface area contributed by atoms with Crippen LogP contribution in [-0.4, -0.2) is 175 Å². The molecular weight excluding hydrogens is 1660 g/mol. The third-order valence-electron chi connectivity index (χ3n) is 17.7. The summed E-state index contributed by atoms with van der Waals surface area (Å²) < 4.78 is 258. The molecule has 7 aromatic rings. The van der Waals surface area contributed by atoms with Gasteiger partial charge in [0, 0.05) is 65.7 Å². The Morgan fingerprint density at radius 1 is 0.482 bits per heavy atom. The third-order valence-corrected chi connectivity index (χ3v) is 31.3. The Morgan fingerprint density at radius 3 is 1.16 bits per heavy atom. The molecule has 5 aliphatic rings. The second-order valence-electron chi connectivity index (χ2n) is 30.9. The van der Waals surface area contributed by atoms with E-state index < -0.39 is 188 Å². The Morgan fingerprint density at radius 2 is 0.821 bits per heavy atom. The molecule has 5 unspecified atom stereocenters. The smallest absolute Gasteiger partial charge is 0.412 e. The number of sulfone groups is 5. The van der Waals surface area contributed by atoms with Crippen molar-refractivity contribution in [2.45, 2.75) is 208 Å². The van der Waals surface area contributed by atoms with Gasteiger partial charge in [0.2, 0.25) is 17.7 Å². The molecule has 0 saturated carbocycles. The lowest BCUT2D eigenvalue weighted by molar-refractivity contribution is -0.123. The van der Waals surface area contributed by atoms with Crippen LogP contribution in [0.2, 0.25) is 25.1 Å². The highest BCUT2D eigenvalue weighted by molar-refractivity contribution is 7.94. The van der Waals surface area contributed by atoms with Crippen LogP contribution in [0.3, 0.4) is 0 Å². The number of carbonyl (C=O) groups is 2. The molecule has 0 radical (unpaired) electrons. The van der Waals surface area contributed by atoms with E-state index in [1.165, 1.54) is 36.4 Å². The molecule has 2 amide bonds. The van der Waals surface area contributed by atoms with Crippen LogP contribution in [0.4, 0.5) is 21.9 Å². The topological polar surface area (TPSA) is 423 Å². The third kappa shape index (κ3) is 19.0. The number of anilines is 3. The standard InChI is InChI=1S/C16H22ClNO6S.C16H22ClNO5S.C16H20ClNO4S.C15H18ClNO4S.C11H14ClNO4S/c1-15(2,3)24-14(20)18-11-6-5-10(17)13(12(11)19)25(21,22)16(4)7-8-23-9-16;1-15(2,3)14(20)18-11-6-5-10(17)13(12(11)19)24(21,22)16(4)7-8-23-9-16;1-15(2,3)14-18-11-6-5-10(17)13(12(11)22-14)23(19,20)16(4)7-8-21-9-16;1-15(2,3)14-17-11-5-4-10(16)13(12(11)21-14)22(18,19)9-6-7-20-8-9;1-11(4-5-17-6-11)18(15,16)10-7(12)2-3-8(13)9(10)14/h5-6,19H,7-9H2,1-4H3,(H,18,20);5-6,19H,7-9H2,1-4H3,(H,18,20);5-6H,7-9H2,1-4H3;4-5,9H,6-8H2,1-3H3;2-3,14H,4-6,13H2,1H3/i3*4D3;;1D3. The fraction of sp³-hybridized carbons (Fsp3) is 0.541. The zero-order valence-electron chi connectivity index (χ0n) is 74.9. The van der Waals surface area contributed by atoms with Crippen molar-refractivity contribution >= 4 is 158 Å². The summed E-state index contributed by atoms with van der Waals surface area (Å²) in [6.07, 6.45) is -1.36. The Hall–Kier alpha value is -6.02. The number of hydrogen-bond donors (Lipinski definition) is 6. The van der Waals surface area contributed by atoms with Gasteiger partial charge in [0.25, 0.3) is 0 Å². The van der Waals surface area contributed by atoms with Crippen molar-refractivity contribution in [1.82, 2.24) is 9.97 Å². The number of aromatic nitrogens is 2. The first-order chi connectivity index (χ1) is 56.3. The minimum absolute atomic E-state index is 0.00167. The molecule has 0 spiro atoms. The highest BCUT2D eigenvalue weighted by Gasteiger charge is 2.51. The van der Waals surface area contributed by atoms with Gasteiger partial charge in [-0.15, -0.1) is 0 Å². The molecule has 5 fully saturated rings. The first-order valence-electron chi connectivity index (χ1n) is 40.3. The lowest BCUT2D eigenvalue weighted by Gasteiger charge is -2.24. The van der Waals surface area contributed by atoms with Gasteiger partial charge < -0.3 is 63.6 Å². The minimum atomic E-state index is -4.67. The maximum atomic E-state index is 13.5. The molecule has 5 saturated heterocycles. The van der Waals surface area contributed by atoms with Crippen molar-refractivity contribution in [2.24, 2.45) is 5.41 Å². The maximum absolute atomic E-state index is 13.5. The van der Waals surface area contributed by atoms with Crippen molar-refractivity contribution in [2.75, 3.05) is 82.4 Å². The summed E-state index contributed by atoms with van der Waals surface area (Å²) in [4.78, 5) is 30.5. The van der Waals surface area contributed by atoms with Crippen LogP contribution in [0.25, 0.3) is 22.2 Å². The lowest BCUT2D eigenvalue weighted by Crippen LogP contribution is -2.36. The average molecular weight is 1770 g/mol. The van der Waals surface area contributed by atoms with E-state index in [4.69, 9.17) is 117 Å². The predicted molar refractivity (Wildman–Crippen MR) is 428 cm³/mol. The van der Waals surface area contributed by atoms with E-state index in [0.29, 0.717) is 35.8 Å². The number of amides is 2. The number of nitrogens with two attached hydrogens (primary N) is 1. The molecule has 28 nitrogen and oxygen atoms in total. The van der Waals surface area contributed by atoms with Crippen molar-refractivity contribution in [3.63, 3.8) is 0 Å². The molecule has 5 aliphatic heterocycles. The van der Waals surface area contributed by atoms with Gasteiger partial charge in [-0.1, -0.05) is 120 Å². The van der Waals surface area contributed by atoms with E-state index in [-0.39, 0.29) is 127 Å². The summed E-state index contributed by atoms with van der Waals surface area (Å²) in [7, 11) is -21.8. The number of benzene rings is 5. The minimum Gasteiger partial charge on any atom is -0.504 e. The Kier molecular flexibility index (Phi) is 22.4. The number of phenols is 3. The van der Waals surface area contributed by atoms with Gasteiger partial charge in [-0.3, -0.25) is 10.1 Å². The van der Waals surface area contributed by atoms with E-state index in [1.54, 1.807) is 59.7 Å². The molecule has 0 bridgehead atoms. The molecule has 112 heavy (non-hydrogen) atoms. The highest BCUT2D eigenvalue weighted by Crippen LogP contribution is 2.49. The molecule has 12 rings (SSSR count). The van der Waals surface area contributed by atoms with Gasteiger partial charge in [0.1, 0.15) is 41.1 Å². The fourth-order valence-corrected chi connectivity index (χ4v) is 21.9. The summed E-state index contributed by atoms with van der Waals surface area (Å²) in [6, 6.07) is 13.4. The number of phenolic OH excluding ortho intramolecular Hbond substituents is 3. The number of nitrogen functional groups attached to an aromatic ring is 1. The monoisotopic (exact) mass is 1770 g/mol. The van der Waals surface area contributed by atoms with E-state index in [1.807, 2.05) is 41.5 Å². The van der Waals surface area contributed by atoms with Crippen molar-refractivity contribution in [1.29, 1.82) is 0 Å². The van der Waals surface area contributed by atoms with Gasteiger partial charge in [-0.25, -0.2) is 56.9 Å². The second-order valence-corrected chi connectivity index (χ2v) is 43.9. The summed E-state index contributed by atoms with van der Waals surface area (Å²) in [5.74, 6) is -2.03. The summed E-state index contributed by atoms with van der Waals surface area (Å²) in [5, 5.41) is 34.2. The maximum Gasteiger partial charge on any atom is 0.412 e. The first-order valence-corrected chi connectivity index (χ1v) is 43.6. The van der Waals surface area contributed by atoms with Crippen LogP contribution in [0.15, 0.2) is 94.0 Å². The molecule has 7 N–H and O–H groups in total. The SMILES string of the molecule is CC(C)(C)c1nc2ccc(Cl)c(S(=O)(=O)C3CCOC3)c2o1.[2H]C([2H])([2H])C1(S(=O)(=O)c2c(Cl)ccc(N)c2O)CCOC1.[2H]C([2H])([2H])C1(S(=O)(=O)c2c(Cl)ccc(NC(=O)C(C)(C)C)c2O)CCOC1.[2H]C([2H])([2H])C1(S(=O)(=O)c2c(Cl)ccc(NC(=O)OC(C)(C)C)c2O)CCOC1.[2H]C([2H])([2H])C1(S(=O)(=O)c2c(Cl)ccc3nc(C(C)(C)C)oc23)CCOC1. The number of ether oxygens (including phenoxy) is 6. The number of carbonyl (C=O) groups excluding carboxylic acids is 2. The molecule has 5 aromatic carbocycles. The normalized spacial score (nSPS) is 23.9. The number of nitrogens with zero attached hydrogens (tertiary/aromatic N) is 2. The number of halogens is 5. The molecule has 7 heterocycles. The van der Waals surface area contributed by atoms with Crippen LogP contribution >= 0.6 is 58.0 Å². The van der Waals surface area contributed by atoms with Crippen molar-refractivity contribution in [3.05, 3.63) is 97.6 Å². The van der Waals surface area contributed by atoms with Gasteiger partial charge in [-0.2, -0.15) is 0 Å². The van der Waals surface area contributed by atoms with Gasteiger partial charge in [-0.05, 0) is 141 Å². The zero-order valence-corrected chi connectivity index (χ0v) is 70.7. The zero-order chi connectivity index (χ0) is 94.1. The van der Waals surface area contributed by atoms with Crippen molar-refractivity contribution < 1.29 is 121 Å². The number of nitrogens with one attached hydrogen (secondary N) is 2. The average Bonchev–Trinajstić information content (AvgIpc) is 1.52. The van der Waals surface area contributed by atoms with E-state index in [9.17, 15) is 67.0 Å². The van der Waals surface area contributed by atoms with Crippen LogP contribution in [0.1, 0.15) is 171 Å². The quantitative estimate of drug-likeness (QED) is 0.0489. The number of hydrogen-bond acceptors (Lipinski definition) is 26. The number of rotatable bonds is 12. The lowest BCUT2D eigenvalue weighted by atomic mass is 9.95. The molecule has 38 heteroatoms. The number of aromatic hydroxyl groups is 3. The molecule has 0 aliphatic carbocycles. The second kappa shape index (κ2) is 33.5. The predicted octanol–water partition coefficient (Wildman–Crippen LogP) is 15.0. The summed E-state index contributed by atoms with van der Waals surface area (Å²) in [6.45, 7) is 8.46. The van der Waals surface area contributed by atoms with Crippen LogP contribution in [0, 0.1) is 5.41 Å². The number of fused-ring (bicyclic) bond motifs is 2. The first kappa shape index (κ1) is 74.8. The Bertz CT molecular complexity index is 5800. The molecule has 5 atom stereocenters. The Balaban J connectivity index is 0.000000193. The molecular formula is C74H96Cl5N5O23S5. The molecule has 620 valence electrons.